The summed E-state index contributed by atoms with van der Waals surface area (Å²) < 4.78 is 0. The highest BCUT2D eigenvalue weighted by molar-refractivity contribution is 7.10. The average Bonchev–Trinajstić information content (AvgIpc) is 2.95. The molecule has 2 N–H and O–H groups in total. The van der Waals surface area contributed by atoms with E-state index in [1.807, 2.05) is 45.3 Å². The molecule has 2 rings (SSSR count). The van der Waals surface area contributed by atoms with Crippen LogP contribution in [-0.4, -0.2) is 23.4 Å². The summed E-state index contributed by atoms with van der Waals surface area (Å²) in [5, 5.41) is 8.43. The number of thiophene rings is 1. The second-order valence-electron chi connectivity index (χ2n) is 5.35. The molecule has 1 aliphatic rings. The first kappa shape index (κ1) is 13.0. The number of hydrogen-bond acceptors (Lipinski definition) is 4. The molecule has 0 bridgehead atoms. The van der Waals surface area contributed by atoms with Crippen molar-refractivity contribution in [1.82, 2.24) is 15.5 Å². The Balaban J connectivity index is 2.03. The number of likely N-dealkylation sites (N-methyl/N-ethyl adjacent to an activating group) is 1. The Labute approximate surface area is 112 Å². The van der Waals surface area contributed by atoms with Crippen LogP contribution in [0.5, 0.6) is 0 Å². The Kier molecular flexibility index (Phi) is 3.34. The maximum atomic E-state index is 12.3. The van der Waals surface area contributed by atoms with Crippen LogP contribution >= 0.6 is 11.3 Å². The predicted octanol–water partition coefficient (Wildman–Crippen LogP) is 2.04. The van der Waals surface area contributed by atoms with E-state index < -0.39 is 0 Å². The van der Waals surface area contributed by atoms with Gasteiger partial charge in [0.15, 0.2) is 0 Å². The molecule has 0 aliphatic carbocycles. The summed E-state index contributed by atoms with van der Waals surface area (Å²) in [7, 11) is 1.82. The van der Waals surface area contributed by atoms with Crippen LogP contribution < -0.4 is 10.6 Å². The molecule has 1 unspecified atom stereocenters. The van der Waals surface area contributed by atoms with Crippen LogP contribution in [0.3, 0.4) is 0 Å². The minimum absolute atomic E-state index is 0.00839. The summed E-state index contributed by atoms with van der Waals surface area (Å²) in [6.45, 7) is 6.06. The van der Waals surface area contributed by atoms with Gasteiger partial charge in [0.1, 0.15) is 11.9 Å². The number of amides is 1. The quantitative estimate of drug-likeness (QED) is 0.860. The van der Waals surface area contributed by atoms with E-state index in [0.29, 0.717) is 5.70 Å². The molecular formula is C13H19N3OS. The number of carbonyl (C=O) groups is 1. The van der Waals surface area contributed by atoms with Gasteiger partial charge in [-0.1, -0.05) is 6.07 Å². The van der Waals surface area contributed by atoms with Crippen LogP contribution in [0.4, 0.5) is 0 Å². The minimum Gasteiger partial charge on any atom is -0.365 e. The van der Waals surface area contributed by atoms with Crippen molar-refractivity contribution in [3.05, 3.63) is 34.3 Å². The largest absolute Gasteiger partial charge is 0.365 e. The van der Waals surface area contributed by atoms with Gasteiger partial charge in [0.25, 0.3) is 5.91 Å². The lowest BCUT2D eigenvalue weighted by atomic mass is 10.1. The third kappa shape index (κ3) is 2.51. The molecule has 4 nitrogen and oxygen atoms in total. The fourth-order valence-corrected chi connectivity index (χ4v) is 2.36. The van der Waals surface area contributed by atoms with Crippen molar-refractivity contribution in [2.75, 3.05) is 7.05 Å². The Morgan fingerprint density at radius 3 is 2.72 bits per heavy atom. The van der Waals surface area contributed by atoms with Crippen LogP contribution in [-0.2, 0) is 4.79 Å². The van der Waals surface area contributed by atoms with Crippen LogP contribution in [0.1, 0.15) is 31.8 Å². The molecule has 0 radical (unpaired) electrons. The normalized spacial score (nSPS) is 18.9. The molecule has 0 aromatic carbocycles. The maximum Gasteiger partial charge on any atom is 0.271 e. The smallest absolute Gasteiger partial charge is 0.271 e. The highest BCUT2D eigenvalue weighted by atomic mass is 32.1. The molecule has 0 saturated carbocycles. The first-order valence-corrected chi connectivity index (χ1v) is 6.82. The lowest BCUT2D eigenvalue weighted by Crippen LogP contribution is -2.44. The molecule has 5 heteroatoms. The first-order valence-electron chi connectivity index (χ1n) is 5.94. The minimum atomic E-state index is -0.180. The van der Waals surface area contributed by atoms with Crippen LogP contribution in [0, 0.1) is 0 Å². The second kappa shape index (κ2) is 4.65. The van der Waals surface area contributed by atoms with E-state index in [9.17, 15) is 4.79 Å². The van der Waals surface area contributed by atoms with Gasteiger partial charge < -0.3 is 15.5 Å². The van der Waals surface area contributed by atoms with E-state index in [1.54, 1.807) is 22.4 Å². The van der Waals surface area contributed by atoms with E-state index in [1.165, 1.54) is 4.88 Å². The number of carbonyl (C=O) groups excluding carboxylic acids is 1. The molecule has 0 spiro atoms. The predicted molar refractivity (Wildman–Crippen MR) is 73.9 cm³/mol. The summed E-state index contributed by atoms with van der Waals surface area (Å²) in [5.74, 6) is 0.00839. The molecule has 1 amide bonds. The highest BCUT2D eigenvalue weighted by Gasteiger charge is 2.29. The van der Waals surface area contributed by atoms with Crippen molar-refractivity contribution < 1.29 is 4.79 Å². The third-order valence-electron chi connectivity index (χ3n) is 3.06. The van der Waals surface area contributed by atoms with Crippen molar-refractivity contribution >= 4 is 17.2 Å². The number of nitrogens with one attached hydrogen (secondary N) is 2. The van der Waals surface area contributed by atoms with E-state index >= 15 is 0 Å². The average molecular weight is 265 g/mol. The van der Waals surface area contributed by atoms with Crippen molar-refractivity contribution in [1.29, 1.82) is 0 Å². The van der Waals surface area contributed by atoms with Crippen molar-refractivity contribution in [2.24, 2.45) is 0 Å². The molecule has 18 heavy (non-hydrogen) atoms. The van der Waals surface area contributed by atoms with Gasteiger partial charge in [0.2, 0.25) is 0 Å². The van der Waals surface area contributed by atoms with Gasteiger partial charge in [-0.2, -0.15) is 0 Å². The molecule has 0 fully saturated rings. The molecule has 98 valence electrons. The number of nitrogens with zero attached hydrogens (tertiary/aromatic N) is 1. The fraction of sp³-hybridized carbons (Fsp3) is 0.462. The summed E-state index contributed by atoms with van der Waals surface area (Å²) >= 11 is 1.66. The second-order valence-corrected chi connectivity index (χ2v) is 6.33. The number of hydrogen-bond donors (Lipinski definition) is 2. The summed E-state index contributed by atoms with van der Waals surface area (Å²) in [6, 6.07) is 4.05. The fourth-order valence-electron chi connectivity index (χ4n) is 1.62. The monoisotopic (exact) mass is 265 g/mol. The molecule has 1 aromatic rings. The lowest BCUT2D eigenvalue weighted by molar-refractivity contribution is -0.130. The molecule has 0 saturated heterocycles. The van der Waals surface area contributed by atoms with E-state index in [0.717, 1.165) is 0 Å². The Morgan fingerprint density at radius 1 is 1.44 bits per heavy atom. The van der Waals surface area contributed by atoms with Gasteiger partial charge in [0.05, 0.1) is 0 Å². The van der Waals surface area contributed by atoms with Crippen LogP contribution in [0.2, 0.25) is 0 Å². The van der Waals surface area contributed by atoms with Gasteiger partial charge >= 0.3 is 0 Å². The van der Waals surface area contributed by atoms with E-state index in [2.05, 4.69) is 10.6 Å². The van der Waals surface area contributed by atoms with Gasteiger partial charge in [0, 0.05) is 23.7 Å². The number of rotatable bonds is 2. The highest BCUT2D eigenvalue weighted by Crippen LogP contribution is 2.22. The first-order chi connectivity index (χ1) is 8.39. The zero-order chi connectivity index (χ0) is 13.3. The zero-order valence-corrected chi connectivity index (χ0v) is 12.0. The summed E-state index contributed by atoms with van der Waals surface area (Å²) in [6.07, 6.45) is 1.77. The molecule has 1 atom stereocenters. The van der Waals surface area contributed by atoms with Gasteiger partial charge in [-0.05, 0) is 32.2 Å². The summed E-state index contributed by atoms with van der Waals surface area (Å²) in [5.41, 5.74) is 0.437. The van der Waals surface area contributed by atoms with Gasteiger partial charge in [-0.15, -0.1) is 11.3 Å². The maximum absolute atomic E-state index is 12.3. The van der Waals surface area contributed by atoms with Crippen molar-refractivity contribution in [2.45, 2.75) is 32.5 Å². The molecule has 2 heterocycles. The lowest BCUT2D eigenvalue weighted by Gasteiger charge is -2.32. The van der Waals surface area contributed by atoms with Crippen LogP contribution in [0.25, 0.3) is 0 Å². The van der Waals surface area contributed by atoms with Gasteiger partial charge in [-0.25, -0.2) is 0 Å². The SMILES string of the molecule is CN(C(=O)C1=CNC(c2cccs2)N1)C(C)(C)C. The standard InChI is InChI=1S/C13H19N3OS/c1-13(2,3)16(4)12(17)9-8-14-11(15-9)10-6-5-7-18-10/h5-8,11,14-15H,1-4H3. The topological polar surface area (TPSA) is 44.4 Å². The van der Waals surface area contributed by atoms with E-state index in [4.69, 9.17) is 0 Å². The zero-order valence-electron chi connectivity index (χ0n) is 11.2. The Morgan fingerprint density at radius 2 is 2.17 bits per heavy atom. The Hall–Kier alpha value is -1.49. The Bertz CT molecular complexity index is 459. The van der Waals surface area contributed by atoms with E-state index in [-0.39, 0.29) is 17.6 Å². The van der Waals surface area contributed by atoms with Crippen LogP contribution in [0.15, 0.2) is 29.4 Å². The molecule has 1 aromatic heterocycles. The van der Waals surface area contributed by atoms with Gasteiger partial charge in [-0.3, -0.25) is 4.79 Å². The third-order valence-corrected chi connectivity index (χ3v) is 4.00. The molecule has 1 aliphatic heterocycles. The van der Waals surface area contributed by atoms with Crippen molar-refractivity contribution in [3.8, 4) is 0 Å². The summed E-state index contributed by atoms with van der Waals surface area (Å²) in [4.78, 5) is 15.2. The van der Waals surface area contributed by atoms with Crippen molar-refractivity contribution in [3.63, 3.8) is 0 Å². The molecular weight excluding hydrogens is 246 g/mol.